The summed E-state index contributed by atoms with van der Waals surface area (Å²) in [4.78, 5) is 0. The van der Waals surface area contributed by atoms with Crippen LogP contribution in [-0.4, -0.2) is 31.2 Å². The van der Waals surface area contributed by atoms with Crippen LogP contribution in [0.3, 0.4) is 0 Å². The molecule has 14 heavy (non-hydrogen) atoms. The van der Waals surface area contributed by atoms with Crippen LogP contribution in [0.15, 0.2) is 23.8 Å². The molecule has 0 saturated carbocycles. The van der Waals surface area contributed by atoms with Crippen molar-refractivity contribution in [3.63, 3.8) is 0 Å². The molecule has 2 atom stereocenters. The first-order valence-electron chi connectivity index (χ1n) is 4.23. The van der Waals surface area contributed by atoms with Crippen LogP contribution in [0.5, 0.6) is 0 Å². The maximum absolute atomic E-state index is 9.86. The Morgan fingerprint density at radius 3 is 2.86 bits per heavy atom. The molecule has 0 aromatic rings. The van der Waals surface area contributed by atoms with Gasteiger partial charge in [0.2, 0.25) is 5.79 Å². The summed E-state index contributed by atoms with van der Waals surface area (Å²) in [6.45, 7) is 0. The third-order valence-corrected chi connectivity index (χ3v) is 2.17. The first-order valence-corrected chi connectivity index (χ1v) is 4.23. The highest BCUT2D eigenvalue weighted by molar-refractivity contribution is 5.31. The first-order chi connectivity index (χ1) is 6.66. The first kappa shape index (κ1) is 10.9. The fourth-order valence-electron chi connectivity index (χ4n) is 1.32. The molecule has 0 heterocycles. The van der Waals surface area contributed by atoms with Crippen LogP contribution in [0.4, 0.5) is 0 Å². The second kappa shape index (κ2) is 4.38. The van der Waals surface area contributed by atoms with E-state index in [1.54, 1.807) is 12.2 Å². The summed E-state index contributed by atoms with van der Waals surface area (Å²) in [7, 11) is 2.88. The van der Waals surface area contributed by atoms with Crippen molar-refractivity contribution in [2.75, 3.05) is 14.2 Å². The van der Waals surface area contributed by atoms with Gasteiger partial charge < -0.3 is 14.6 Å². The van der Waals surface area contributed by atoms with Gasteiger partial charge in [-0.15, -0.1) is 0 Å². The molecule has 4 heteroatoms. The Kier molecular flexibility index (Phi) is 3.42. The lowest BCUT2D eigenvalue weighted by atomic mass is 9.97. The number of nitrogens with zero attached hydrogens (tertiary/aromatic N) is 1. The summed E-state index contributed by atoms with van der Waals surface area (Å²) in [5.41, 5.74) is 0.820. The highest BCUT2D eigenvalue weighted by Crippen LogP contribution is 2.25. The summed E-state index contributed by atoms with van der Waals surface area (Å²) in [5.74, 6) is -1.42. The van der Waals surface area contributed by atoms with Gasteiger partial charge >= 0.3 is 0 Å². The molecule has 1 aliphatic rings. The van der Waals surface area contributed by atoms with E-state index in [4.69, 9.17) is 14.7 Å². The van der Waals surface area contributed by atoms with Crippen molar-refractivity contribution >= 4 is 0 Å². The van der Waals surface area contributed by atoms with Crippen LogP contribution in [0.2, 0.25) is 0 Å². The van der Waals surface area contributed by atoms with Crippen molar-refractivity contribution in [3.05, 3.63) is 23.8 Å². The Balaban J connectivity index is 2.86. The zero-order chi connectivity index (χ0) is 10.6. The lowest BCUT2D eigenvalue weighted by Gasteiger charge is -2.31. The molecule has 0 aromatic heterocycles. The second-order valence-corrected chi connectivity index (χ2v) is 3.02. The lowest BCUT2D eigenvalue weighted by Crippen LogP contribution is -2.43. The number of aliphatic hydroxyl groups is 1. The molecule has 76 valence electrons. The molecule has 0 bridgehead atoms. The summed E-state index contributed by atoms with van der Waals surface area (Å²) in [6, 6.07) is 2.03. The molecule has 0 radical (unpaired) electrons. The third kappa shape index (κ3) is 2.02. The number of allylic oxidation sites excluding steroid dienone is 2. The molecule has 0 saturated heterocycles. The maximum Gasteiger partial charge on any atom is 0.216 e. The van der Waals surface area contributed by atoms with E-state index >= 15 is 0 Å². The highest BCUT2D eigenvalue weighted by atomic mass is 16.6. The van der Waals surface area contributed by atoms with E-state index in [0.717, 1.165) is 5.57 Å². The number of rotatable bonds is 3. The topological polar surface area (TPSA) is 62.5 Å². The zero-order valence-electron chi connectivity index (χ0n) is 8.23. The molecule has 2 unspecified atom stereocenters. The summed E-state index contributed by atoms with van der Waals surface area (Å²) < 4.78 is 9.99. The van der Waals surface area contributed by atoms with Gasteiger partial charge in [0, 0.05) is 14.2 Å². The fourth-order valence-corrected chi connectivity index (χ4v) is 1.32. The third-order valence-electron chi connectivity index (χ3n) is 2.17. The molecule has 0 fully saturated rings. The van der Waals surface area contributed by atoms with E-state index < -0.39 is 11.9 Å². The summed E-state index contributed by atoms with van der Waals surface area (Å²) in [6.07, 6.45) is 4.58. The summed E-state index contributed by atoms with van der Waals surface area (Å²) in [5, 5.41) is 18.4. The number of methoxy groups -OCH3 is 2. The van der Waals surface area contributed by atoms with Gasteiger partial charge in [-0.05, 0) is 17.7 Å². The Morgan fingerprint density at radius 1 is 1.64 bits per heavy atom. The van der Waals surface area contributed by atoms with Crippen molar-refractivity contribution in [1.82, 2.24) is 0 Å². The average molecular weight is 195 g/mol. The Labute approximate surface area is 83.1 Å². The second-order valence-electron chi connectivity index (χ2n) is 3.02. The van der Waals surface area contributed by atoms with Gasteiger partial charge in [0.1, 0.15) is 6.10 Å². The van der Waals surface area contributed by atoms with Crippen LogP contribution in [-0.2, 0) is 9.47 Å². The molecule has 0 amide bonds. The van der Waals surface area contributed by atoms with Gasteiger partial charge in [0.25, 0.3) is 0 Å². The maximum atomic E-state index is 9.86. The predicted octanol–water partition coefficient (Wildman–Crippen LogP) is 0.746. The van der Waals surface area contributed by atoms with E-state index in [0.29, 0.717) is 6.42 Å². The van der Waals surface area contributed by atoms with E-state index in [9.17, 15) is 5.11 Å². The number of hydrogen-bond acceptors (Lipinski definition) is 4. The molecular formula is C10H13NO3. The van der Waals surface area contributed by atoms with Crippen molar-refractivity contribution in [3.8, 4) is 6.07 Å². The van der Waals surface area contributed by atoms with E-state index in [1.807, 2.05) is 6.07 Å². The Morgan fingerprint density at radius 2 is 2.36 bits per heavy atom. The quantitative estimate of drug-likeness (QED) is 0.675. The van der Waals surface area contributed by atoms with Crippen LogP contribution in [0, 0.1) is 11.3 Å². The largest absolute Gasteiger partial charge is 0.371 e. The fraction of sp³-hybridized carbons (Fsp3) is 0.500. The molecule has 0 aliphatic heterocycles. The van der Waals surface area contributed by atoms with Gasteiger partial charge in [0.05, 0.1) is 12.5 Å². The summed E-state index contributed by atoms with van der Waals surface area (Å²) >= 11 is 0. The predicted molar refractivity (Wildman–Crippen MR) is 50.2 cm³/mol. The molecule has 4 nitrogen and oxygen atoms in total. The van der Waals surface area contributed by atoms with E-state index in [1.165, 1.54) is 20.3 Å². The number of ether oxygens (including phenoxy) is 2. The average Bonchev–Trinajstić information content (AvgIpc) is 2.21. The normalized spacial score (nSPS) is 31.0. The van der Waals surface area contributed by atoms with Crippen molar-refractivity contribution in [2.24, 2.45) is 0 Å². The minimum absolute atomic E-state index is 0.302. The molecule has 0 aromatic carbocycles. The standard InChI is InChI=1S/C10H13NO3/c1-13-9-7-8(4-6-11)3-5-10(9,12)14-2/h3,5,7,9,12H,4H2,1-2H3. The van der Waals surface area contributed by atoms with Crippen LogP contribution < -0.4 is 0 Å². The Bertz CT molecular complexity index is 303. The molecule has 1 rings (SSSR count). The molecular weight excluding hydrogens is 182 g/mol. The molecule has 1 N–H and O–H groups in total. The lowest BCUT2D eigenvalue weighted by molar-refractivity contribution is -0.203. The molecule has 0 spiro atoms. The minimum Gasteiger partial charge on any atom is -0.371 e. The SMILES string of the molecule is COC1C=C(CC#N)C=CC1(O)OC. The van der Waals surface area contributed by atoms with Gasteiger partial charge in [0.15, 0.2) is 0 Å². The zero-order valence-corrected chi connectivity index (χ0v) is 8.23. The number of nitriles is 1. The smallest absolute Gasteiger partial charge is 0.216 e. The van der Waals surface area contributed by atoms with Gasteiger partial charge in [-0.25, -0.2) is 0 Å². The monoisotopic (exact) mass is 195 g/mol. The molecule has 1 aliphatic carbocycles. The van der Waals surface area contributed by atoms with Crippen molar-refractivity contribution in [1.29, 1.82) is 5.26 Å². The van der Waals surface area contributed by atoms with Gasteiger partial charge in [-0.1, -0.05) is 6.08 Å². The van der Waals surface area contributed by atoms with Gasteiger partial charge in [-0.2, -0.15) is 5.26 Å². The van der Waals surface area contributed by atoms with E-state index in [2.05, 4.69) is 0 Å². The Hall–Kier alpha value is -1.15. The van der Waals surface area contributed by atoms with Gasteiger partial charge in [-0.3, -0.25) is 0 Å². The van der Waals surface area contributed by atoms with Crippen molar-refractivity contribution in [2.45, 2.75) is 18.3 Å². The van der Waals surface area contributed by atoms with Crippen LogP contribution >= 0.6 is 0 Å². The van der Waals surface area contributed by atoms with Crippen molar-refractivity contribution < 1.29 is 14.6 Å². The van der Waals surface area contributed by atoms with Crippen LogP contribution in [0.1, 0.15) is 6.42 Å². The van der Waals surface area contributed by atoms with Crippen LogP contribution in [0.25, 0.3) is 0 Å². The van der Waals surface area contributed by atoms with E-state index in [-0.39, 0.29) is 0 Å². The minimum atomic E-state index is -1.42. The number of hydrogen-bond donors (Lipinski definition) is 1. The highest BCUT2D eigenvalue weighted by Gasteiger charge is 2.35.